The van der Waals surface area contributed by atoms with Crippen LogP contribution in [0.5, 0.6) is 0 Å². The quantitative estimate of drug-likeness (QED) is 0.719. The number of ether oxygens (including phenoxy) is 1. The summed E-state index contributed by atoms with van der Waals surface area (Å²) in [5.41, 5.74) is 10.2. The molecule has 24 heavy (non-hydrogen) atoms. The summed E-state index contributed by atoms with van der Waals surface area (Å²) in [6, 6.07) is 25.1. The molecule has 0 aromatic heterocycles. The molecule has 120 valence electrons. The Kier molecular flexibility index (Phi) is 5.04. The summed E-state index contributed by atoms with van der Waals surface area (Å²) in [6.45, 7) is 0.793. The average molecular weight is 317 g/mol. The van der Waals surface area contributed by atoms with Crippen LogP contribution >= 0.6 is 0 Å². The summed E-state index contributed by atoms with van der Waals surface area (Å²) in [5.74, 6) is -0.320. The van der Waals surface area contributed by atoms with Gasteiger partial charge < -0.3 is 10.5 Å². The SMILES string of the molecule is NCc1ccc(-c2cccc(C(=O)OCc3ccccc3)c2)cc1. The molecule has 3 aromatic carbocycles. The van der Waals surface area contributed by atoms with Gasteiger partial charge in [-0.05, 0) is 34.4 Å². The van der Waals surface area contributed by atoms with Crippen molar-refractivity contribution in [2.75, 3.05) is 0 Å². The maximum atomic E-state index is 12.3. The van der Waals surface area contributed by atoms with Gasteiger partial charge in [-0.25, -0.2) is 4.79 Å². The second kappa shape index (κ2) is 7.57. The van der Waals surface area contributed by atoms with Crippen molar-refractivity contribution in [2.24, 2.45) is 5.73 Å². The molecule has 3 nitrogen and oxygen atoms in total. The van der Waals surface area contributed by atoms with Crippen LogP contribution in [0.3, 0.4) is 0 Å². The van der Waals surface area contributed by atoms with Crippen LogP contribution in [-0.4, -0.2) is 5.97 Å². The zero-order valence-electron chi connectivity index (χ0n) is 13.3. The molecule has 0 aliphatic heterocycles. The molecule has 0 bridgehead atoms. The van der Waals surface area contributed by atoms with E-state index in [1.54, 1.807) is 6.07 Å². The molecule has 0 atom stereocenters. The van der Waals surface area contributed by atoms with Gasteiger partial charge in [-0.3, -0.25) is 0 Å². The van der Waals surface area contributed by atoms with Crippen LogP contribution < -0.4 is 5.73 Å². The Morgan fingerprint density at radius 1 is 0.792 bits per heavy atom. The molecular weight excluding hydrogens is 298 g/mol. The predicted molar refractivity (Wildman–Crippen MR) is 95.3 cm³/mol. The van der Waals surface area contributed by atoms with Crippen molar-refractivity contribution in [3.8, 4) is 11.1 Å². The van der Waals surface area contributed by atoms with E-state index in [9.17, 15) is 4.79 Å². The van der Waals surface area contributed by atoms with Gasteiger partial charge in [0.05, 0.1) is 5.56 Å². The van der Waals surface area contributed by atoms with Crippen LogP contribution in [0, 0.1) is 0 Å². The van der Waals surface area contributed by atoms with Crippen molar-refractivity contribution < 1.29 is 9.53 Å². The lowest BCUT2D eigenvalue weighted by molar-refractivity contribution is 0.0473. The zero-order chi connectivity index (χ0) is 16.8. The minimum Gasteiger partial charge on any atom is -0.457 e. The maximum Gasteiger partial charge on any atom is 0.338 e. The lowest BCUT2D eigenvalue weighted by atomic mass is 10.0. The van der Waals surface area contributed by atoms with E-state index in [2.05, 4.69) is 0 Å². The fraction of sp³-hybridized carbons (Fsp3) is 0.0952. The lowest BCUT2D eigenvalue weighted by Gasteiger charge is -2.07. The van der Waals surface area contributed by atoms with Crippen molar-refractivity contribution in [2.45, 2.75) is 13.2 Å². The van der Waals surface area contributed by atoms with E-state index in [1.165, 1.54) is 0 Å². The summed E-state index contributed by atoms with van der Waals surface area (Å²) in [5, 5.41) is 0. The highest BCUT2D eigenvalue weighted by molar-refractivity contribution is 5.91. The Hall–Kier alpha value is -2.91. The summed E-state index contributed by atoms with van der Waals surface area (Å²) in [4.78, 5) is 12.3. The molecule has 2 N–H and O–H groups in total. The molecule has 0 saturated carbocycles. The van der Waals surface area contributed by atoms with Gasteiger partial charge in [-0.15, -0.1) is 0 Å². The van der Waals surface area contributed by atoms with Crippen LogP contribution in [0.2, 0.25) is 0 Å². The van der Waals surface area contributed by atoms with Crippen LogP contribution in [0.1, 0.15) is 21.5 Å². The molecular formula is C21H19NO2. The smallest absolute Gasteiger partial charge is 0.338 e. The van der Waals surface area contributed by atoms with Crippen molar-refractivity contribution in [3.05, 3.63) is 95.6 Å². The Labute approximate surface area is 141 Å². The monoisotopic (exact) mass is 317 g/mol. The van der Waals surface area contributed by atoms with Crippen molar-refractivity contribution in [1.82, 2.24) is 0 Å². The zero-order valence-corrected chi connectivity index (χ0v) is 13.3. The first-order valence-electron chi connectivity index (χ1n) is 7.87. The number of benzene rings is 3. The van der Waals surface area contributed by atoms with Gasteiger partial charge in [-0.1, -0.05) is 66.7 Å². The van der Waals surface area contributed by atoms with Crippen molar-refractivity contribution in [3.63, 3.8) is 0 Å². The molecule has 3 rings (SSSR count). The van der Waals surface area contributed by atoms with Gasteiger partial charge in [0.25, 0.3) is 0 Å². The minimum atomic E-state index is -0.320. The standard InChI is InChI=1S/C21H19NO2/c22-14-16-9-11-18(12-10-16)19-7-4-8-20(13-19)21(23)24-15-17-5-2-1-3-6-17/h1-13H,14-15,22H2. The number of esters is 1. The summed E-state index contributed by atoms with van der Waals surface area (Å²) >= 11 is 0. The van der Waals surface area contributed by atoms with Gasteiger partial charge in [-0.2, -0.15) is 0 Å². The number of hydrogen-bond acceptors (Lipinski definition) is 3. The maximum absolute atomic E-state index is 12.3. The third-order valence-electron chi connectivity index (χ3n) is 3.83. The molecule has 0 aliphatic rings. The number of hydrogen-bond donors (Lipinski definition) is 1. The Morgan fingerprint density at radius 2 is 1.54 bits per heavy atom. The second-order valence-corrected chi connectivity index (χ2v) is 5.54. The number of rotatable bonds is 5. The highest BCUT2D eigenvalue weighted by Gasteiger charge is 2.09. The number of carbonyl (C=O) groups excluding carboxylic acids is 1. The number of carbonyl (C=O) groups is 1. The third kappa shape index (κ3) is 3.89. The van der Waals surface area contributed by atoms with Crippen LogP contribution in [0.15, 0.2) is 78.9 Å². The van der Waals surface area contributed by atoms with Crippen LogP contribution in [0.25, 0.3) is 11.1 Å². The van der Waals surface area contributed by atoms with E-state index >= 15 is 0 Å². The summed E-state index contributed by atoms with van der Waals surface area (Å²) in [6.07, 6.45) is 0. The molecule has 0 radical (unpaired) electrons. The first-order chi connectivity index (χ1) is 11.8. The van der Waals surface area contributed by atoms with Gasteiger partial charge in [0.2, 0.25) is 0 Å². The first kappa shape index (κ1) is 16.0. The molecule has 0 spiro atoms. The molecule has 0 saturated heterocycles. The Morgan fingerprint density at radius 3 is 2.25 bits per heavy atom. The Bertz CT molecular complexity index is 811. The molecule has 0 aliphatic carbocycles. The topological polar surface area (TPSA) is 52.3 Å². The van der Waals surface area contributed by atoms with E-state index in [4.69, 9.17) is 10.5 Å². The highest BCUT2D eigenvalue weighted by atomic mass is 16.5. The fourth-order valence-electron chi connectivity index (χ4n) is 2.47. The van der Waals surface area contributed by atoms with Crippen molar-refractivity contribution in [1.29, 1.82) is 0 Å². The molecule has 3 aromatic rings. The summed E-state index contributed by atoms with van der Waals surface area (Å²) in [7, 11) is 0. The van der Waals surface area contributed by atoms with Gasteiger partial charge in [0.1, 0.15) is 6.61 Å². The largest absolute Gasteiger partial charge is 0.457 e. The fourth-order valence-corrected chi connectivity index (χ4v) is 2.47. The molecule has 0 fully saturated rings. The lowest BCUT2D eigenvalue weighted by Crippen LogP contribution is -2.05. The van der Waals surface area contributed by atoms with Crippen LogP contribution in [-0.2, 0) is 17.9 Å². The van der Waals surface area contributed by atoms with Gasteiger partial charge in [0, 0.05) is 6.54 Å². The molecule has 0 unspecified atom stereocenters. The first-order valence-corrected chi connectivity index (χ1v) is 7.87. The third-order valence-corrected chi connectivity index (χ3v) is 3.83. The second-order valence-electron chi connectivity index (χ2n) is 5.54. The average Bonchev–Trinajstić information content (AvgIpc) is 2.67. The van der Waals surface area contributed by atoms with E-state index in [0.717, 1.165) is 22.3 Å². The highest BCUT2D eigenvalue weighted by Crippen LogP contribution is 2.21. The molecule has 3 heteroatoms. The molecule has 0 heterocycles. The van der Waals surface area contributed by atoms with E-state index in [-0.39, 0.29) is 12.6 Å². The normalized spacial score (nSPS) is 10.4. The van der Waals surface area contributed by atoms with Crippen molar-refractivity contribution >= 4 is 5.97 Å². The van der Waals surface area contributed by atoms with Gasteiger partial charge >= 0.3 is 5.97 Å². The van der Waals surface area contributed by atoms with Crippen LogP contribution in [0.4, 0.5) is 0 Å². The van der Waals surface area contributed by atoms with E-state index in [0.29, 0.717) is 12.1 Å². The summed E-state index contributed by atoms with van der Waals surface area (Å²) < 4.78 is 5.39. The van der Waals surface area contributed by atoms with E-state index < -0.39 is 0 Å². The number of nitrogens with two attached hydrogens (primary N) is 1. The van der Waals surface area contributed by atoms with E-state index in [1.807, 2.05) is 72.8 Å². The minimum absolute atomic E-state index is 0.273. The molecule has 0 amide bonds. The Balaban J connectivity index is 1.73. The predicted octanol–water partition coefficient (Wildman–Crippen LogP) is 4.17. The van der Waals surface area contributed by atoms with Gasteiger partial charge in [0.15, 0.2) is 0 Å².